The summed E-state index contributed by atoms with van der Waals surface area (Å²) in [6, 6.07) is 0. The minimum Gasteiger partial charge on any atom is -0.0723 e. The van der Waals surface area contributed by atoms with Crippen LogP contribution in [-0.4, -0.2) is 29.1 Å². The van der Waals surface area contributed by atoms with Crippen molar-refractivity contribution >= 4 is 36.5 Å². The van der Waals surface area contributed by atoms with Gasteiger partial charge in [0.05, 0.1) is 6.29 Å². The summed E-state index contributed by atoms with van der Waals surface area (Å²) in [6.45, 7) is 39.8. The Balaban J connectivity index is 3.79. The number of hydrogen-bond donors (Lipinski definition) is 0. The van der Waals surface area contributed by atoms with Gasteiger partial charge in [-0.1, -0.05) is 108 Å². The molecular formula is C19H45PSi4. The summed E-state index contributed by atoms with van der Waals surface area (Å²) in [5.74, 6) is 0. The van der Waals surface area contributed by atoms with Crippen molar-refractivity contribution in [2.75, 3.05) is 0 Å². The molecule has 0 aliphatic carbocycles. The minimum atomic E-state index is -1.30. The summed E-state index contributed by atoms with van der Waals surface area (Å²) in [5.41, 5.74) is 0.761. The maximum absolute atomic E-state index is 2.76. The lowest BCUT2D eigenvalue weighted by molar-refractivity contribution is 0.502. The van der Waals surface area contributed by atoms with Gasteiger partial charge in [0, 0.05) is 22.8 Å². The van der Waals surface area contributed by atoms with E-state index in [2.05, 4.69) is 100 Å². The largest absolute Gasteiger partial charge is 0.0727 e. The molecular weight excluding hydrogens is 372 g/mol. The number of allylic oxidation sites excluding steroid dienone is 2. The molecule has 0 spiro atoms. The zero-order valence-electron chi connectivity index (χ0n) is 19.4. The van der Waals surface area contributed by atoms with E-state index >= 15 is 0 Å². The molecule has 0 saturated heterocycles. The predicted octanol–water partition coefficient (Wildman–Crippen LogP) is 7.98. The van der Waals surface area contributed by atoms with Crippen LogP contribution in [0.25, 0.3) is 0 Å². The van der Waals surface area contributed by atoms with Gasteiger partial charge in [0.2, 0.25) is 0 Å². The second-order valence-corrected chi connectivity index (χ2v) is 61.4. The van der Waals surface area contributed by atoms with Gasteiger partial charge in [-0.05, 0) is 21.5 Å². The van der Waals surface area contributed by atoms with E-state index in [1.165, 1.54) is 0 Å². The van der Waals surface area contributed by atoms with Gasteiger partial charge in [0.15, 0.2) is 0 Å². The standard InChI is InChI=1S/C19H45PSi4/c1-18(2,3)16-17(19(4,5)6)20(16)24(21(7,8)9,22(10,11)12)23(13,14)15/h1-15H3. The molecule has 24 heavy (non-hydrogen) atoms. The Bertz CT molecular complexity index is 468. The Hall–Kier alpha value is 1.04. The van der Waals surface area contributed by atoms with Gasteiger partial charge in [0.1, 0.15) is 0 Å². The van der Waals surface area contributed by atoms with Crippen molar-refractivity contribution < 1.29 is 0 Å². The van der Waals surface area contributed by atoms with Crippen LogP contribution in [0.4, 0.5) is 0 Å². The molecule has 0 aromatic carbocycles. The molecule has 1 aliphatic heterocycles. The van der Waals surface area contributed by atoms with Crippen molar-refractivity contribution in [1.29, 1.82) is 0 Å². The third-order valence-corrected chi connectivity index (χ3v) is 103. The summed E-state index contributed by atoms with van der Waals surface area (Å²) in [4.78, 5) is 0. The van der Waals surface area contributed by atoms with Crippen molar-refractivity contribution in [2.24, 2.45) is 10.8 Å². The molecule has 1 rings (SSSR count). The maximum atomic E-state index is 2.76. The second-order valence-electron chi connectivity index (χ2n) is 13.0. The van der Waals surface area contributed by atoms with Gasteiger partial charge in [-0.25, -0.2) is 0 Å². The Morgan fingerprint density at radius 1 is 0.500 bits per heavy atom. The lowest BCUT2D eigenvalue weighted by Crippen LogP contribution is -2.80. The fraction of sp³-hybridized carbons (Fsp3) is 0.895. The van der Waals surface area contributed by atoms with E-state index in [0.717, 1.165) is 0 Å². The van der Waals surface area contributed by atoms with E-state index in [1.807, 2.05) is 10.6 Å². The fourth-order valence-corrected chi connectivity index (χ4v) is 134. The van der Waals surface area contributed by atoms with E-state index in [4.69, 9.17) is 0 Å². The van der Waals surface area contributed by atoms with Gasteiger partial charge in [-0.15, -0.1) is 0 Å². The number of hydrogen-bond acceptors (Lipinski definition) is 0. The molecule has 0 unspecified atom stereocenters. The molecule has 0 N–H and O–H groups in total. The normalized spacial score (nSPS) is 19.1. The molecule has 0 radical (unpaired) electrons. The van der Waals surface area contributed by atoms with Crippen LogP contribution in [0, 0.1) is 10.8 Å². The molecule has 0 fully saturated rings. The average Bonchev–Trinajstić information content (AvgIpc) is 2.83. The maximum Gasteiger partial charge on any atom is 0.0727 e. The SMILES string of the molecule is CC(C)(C)C1=C(C(C)(C)C)P1[Si]([Si](C)(C)C)([Si](C)(C)C)[Si](C)(C)C. The Morgan fingerprint density at radius 2 is 0.708 bits per heavy atom. The van der Waals surface area contributed by atoms with Crippen molar-refractivity contribution in [3.63, 3.8) is 0 Å². The van der Waals surface area contributed by atoms with Crippen molar-refractivity contribution in [2.45, 2.75) is 100 Å². The smallest absolute Gasteiger partial charge is 0.0723 e. The highest BCUT2D eigenvalue weighted by atomic mass is 31.5. The third kappa shape index (κ3) is 3.56. The van der Waals surface area contributed by atoms with E-state index in [9.17, 15) is 0 Å². The van der Waals surface area contributed by atoms with Gasteiger partial charge in [-0.3, -0.25) is 0 Å². The van der Waals surface area contributed by atoms with Crippen LogP contribution in [0.15, 0.2) is 10.6 Å². The molecule has 1 aliphatic rings. The zero-order valence-corrected chi connectivity index (χ0v) is 24.3. The highest BCUT2D eigenvalue weighted by Gasteiger charge is 2.71. The first-order chi connectivity index (χ1) is 10.1. The lowest BCUT2D eigenvalue weighted by Gasteiger charge is -2.59. The van der Waals surface area contributed by atoms with Crippen molar-refractivity contribution in [3.8, 4) is 0 Å². The van der Waals surface area contributed by atoms with E-state index in [-0.39, 0.29) is 7.47 Å². The fourth-order valence-electron chi connectivity index (χ4n) is 6.26. The predicted molar refractivity (Wildman–Crippen MR) is 129 cm³/mol. The lowest BCUT2D eigenvalue weighted by atomic mass is 9.89. The van der Waals surface area contributed by atoms with E-state index in [1.54, 1.807) is 0 Å². The zero-order chi connectivity index (χ0) is 19.7. The summed E-state index contributed by atoms with van der Waals surface area (Å²) in [7, 11) is -3.51. The van der Waals surface area contributed by atoms with Gasteiger partial charge in [0.25, 0.3) is 0 Å². The van der Waals surface area contributed by atoms with E-state index < -0.39 is 29.1 Å². The molecule has 5 heteroatoms. The molecule has 0 amide bonds. The highest BCUT2D eigenvalue weighted by molar-refractivity contribution is 8.34. The molecule has 0 nitrogen and oxygen atoms in total. The summed E-state index contributed by atoms with van der Waals surface area (Å²) in [6.07, 6.45) is -1.30. The van der Waals surface area contributed by atoms with Crippen molar-refractivity contribution in [3.05, 3.63) is 10.6 Å². The van der Waals surface area contributed by atoms with Crippen LogP contribution in [0.1, 0.15) is 41.5 Å². The summed E-state index contributed by atoms with van der Waals surface area (Å²) < 4.78 is 0. The number of rotatable bonds is 4. The van der Waals surface area contributed by atoms with Gasteiger partial charge >= 0.3 is 0 Å². The third-order valence-electron chi connectivity index (χ3n) is 5.63. The summed E-state index contributed by atoms with van der Waals surface area (Å²) in [5, 5.41) is 3.92. The Morgan fingerprint density at radius 3 is 0.833 bits per heavy atom. The van der Waals surface area contributed by atoms with Crippen LogP contribution >= 0.6 is 7.47 Å². The van der Waals surface area contributed by atoms with E-state index in [0.29, 0.717) is 10.8 Å². The molecule has 0 aromatic heterocycles. The topological polar surface area (TPSA) is 0 Å². The molecule has 0 atom stereocenters. The molecule has 142 valence electrons. The minimum absolute atomic E-state index is 0.0921. The monoisotopic (exact) mass is 416 g/mol. The Labute approximate surface area is 158 Å². The first-order valence-corrected chi connectivity index (χ1v) is 27.4. The quantitative estimate of drug-likeness (QED) is 0.322. The molecule has 0 saturated carbocycles. The first-order valence-electron chi connectivity index (χ1n) is 9.67. The van der Waals surface area contributed by atoms with Crippen LogP contribution in [0.5, 0.6) is 0 Å². The second kappa shape index (κ2) is 6.02. The van der Waals surface area contributed by atoms with Crippen molar-refractivity contribution in [1.82, 2.24) is 0 Å². The van der Waals surface area contributed by atoms with Crippen LogP contribution in [0.2, 0.25) is 58.9 Å². The highest BCUT2D eigenvalue weighted by Crippen LogP contribution is 2.85. The Kier molecular flexibility index (Phi) is 5.79. The van der Waals surface area contributed by atoms with Gasteiger partial charge in [-0.2, -0.15) is 0 Å². The average molecular weight is 417 g/mol. The molecule has 0 aromatic rings. The molecule has 1 heterocycles. The first kappa shape index (κ1) is 23.1. The van der Waals surface area contributed by atoms with Crippen LogP contribution < -0.4 is 0 Å². The van der Waals surface area contributed by atoms with Gasteiger partial charge < -0.3 is 0 Å². The summed E-state index contributed by atoms with van der Waals surface area (Å²) >= 11 is 0. The van der Waals surface area contributed by atoms with Crippen LogP contribution in [0.3, 0.4) is 0 Å². The van der Waals surface area contributed by atoms with Crippen LogP contribution in [-0.2, 0) is 0 Å². The molecule has 0 bridgehead atoms.